The molecule has 2 N–H and O–H groups in total. The van der Waals surface area contributed by atoms with Crippen molar-refractivity contribution < 1.29 is 28.3 Å². The third-order valence-electron chi connectivity index (χ3n) is 3.31. The molecule has 2 amide bonds. The van der Waals surface area contributed by atoms with Gasteiger partial charge in [0.1, 0.15) is 11.5 Å². The molecule has 0 bridgehead atoms. The van der Waals surface area contributed by atoms with Crippen molar-refractivity contribution in [3.05, 3.63) is 48.4 Å². The van der Waals surface area contributed by atoms with Crippen LogP contribution in [0.5, 0.6) is 5.75 Å². The second-order valence-corrected chi connectivity index (χ2v) is 5.30. The Labute approximate surface area is 150 Å². The van der Waals surface area contributed by atoms with Gasteiger partial charge in [0.05, 0.1) is 26.3 Å². The van der Waals surface area contributed by atoms with Crippen LogP contribution >= 0.6 is 0 Å². The number of esters is 1. The molecule has 0 radical (unpaired) electrons. The molecule has 2 aromatic rings. The minimum absolute atomic E-state index is 0.0307. The summed E-state index contributed by atoms with van der Waals surface area (Å²) in [6.45, 7) is -0.173. The first-order chi connectivity index (χ1) is 12.6. The first-order valence-corrected chi connectivity index (χ1v) is 7.95. The number of benzene rings is 1. The summed E-state index contributed by atoms with van der Waals surface area (Å²) in [5.74, 6) is -0.192. The Hall–Kier alpha value is -3.29. The largest absolute Gasteiger partial charge is 0.497 e. The number of amides is 2. The summed E-state index contributed by atoms with van der Waals surface area (Å²) in [6, 6.07) is 10.2. The number of hydrogen-bond donors (Lipinski definition) is 2. The summed E-state index contributed by atoms with van der Waals surface area (Å²) >= 11 is 0. The van der Waals surface area contributed by atoms with Crippen LogP contribution in [-0.2, 0) is 25.7 Å². The minimum atomic E-state index is -0.626. The lowest BCUT2D eigenvalue weighted by molar-refractivity contribution is -0.148. The number of ether oxygens (including phenoxy) is 2. The normalized spacial score (nSPS) is 10.0. The standard InChI is InChI=1S/C18H20N2O6/c1-24-14-5-2-4-13(10-14)20-17(22)12-26-18(23)8-7-16(21)19-11-15-6-3-9-25-15/h2-6,9-10H,7-8,11-12H2,1H3,(H,19,21)(H,20,22). The molecular formula is C18H20N2O6. The van der Waals surface area contributed by atoms with Crippen molar-refractivity contribution in [3.8, 4) is 5.75 Å². The number of rotatable bonds is 9. The number of carbonyl (C=O) groups is 3. The third kappa shape index (κ3) is 6.68. The fourth-order valence-corrected chi connectivity index (χ4v) is 2.02. The number of methoxy groups -OCH3 is 1. The molecule has 1 aromatic carbocycles. The Bertz CT molecular complexity index is 742. The predicted octanol–water partition coefficient (Wildman–Crippen LogP) is 1.87. The molecule has 0 aliphatic heterocycles. The van der Waals surface area contributed by atoms with E-state index < -0.39 is 18.5 Å². The van der Waals surface area contributed by atoms with Gasteiger partial charge in [-0.2, -0.15) is 0 Å². The molecule has 1 aromatic heterocycles. The van der Waals surface area contributed by atoms with Gasteiger partial charge in [-0.25, -0.2) is 0 Å². The summed E-state index contributed by atoms with van der Waals surface area (Å²) in [5, 5.41) is 5.20. The summed E-state index contributed by atoms with van der Waals surface area (Å²) in [5.41, 5.74) is 0.530. The van der Waals surface area contributed by atoms with Gasteiger partial charge < -0.3 is 24.5 Å². The maximum atomic E-state index is 11.8. The van der Waals surface area contributed by atoms with Crippen molar-refractivity contribution >= 4 is 23.5 Å². The Balaban J connectivity index is 1.62. The molecule has 8 nitrogen and oxygen atoms in total. The Kier molecular flexibility index (Phi) is 7.23. The predicted molar refractivity (Wildman–Crippen MR) is 92.4 cm³/mol. The number of carbonyl (C=O) groups excluding carboxylic acids is 3. The van der Waals surface area contributed by atoms with Crippen LogP contribution in [0.4, 0.5) is 5.69 Å². The Morgan fingerprint density at radius 1 is 1.08 bits per heavy atom. The van der Waals surface area contributed by atoms with Crippen LogP contribution in [0.15, 0.2) is 47.1 Å². The zero-order valence-corrected chi connectivity index (χ0v) is 14.3. The van der Waals surface area contributed by atoms with Crippen LogP contribution in [0.1, 0.15) is 18.6 Å². The van der Waals surface area contributed by atoms with Crippen LogP contribution in [-0.4, -0.2) is 31.5 Å². The summed E-state index contributed by atoms with van der Waals surface area (Å²) in [4.78, 5) is 35.0. The van der Waals surface area contributed by atoms with Gasteiger partial charge in [-0.05, 0) is 24.3 Å². The highest BCUT2D eigenvalue weighted by Gasteiger charge is 2.11. The SMILES string of the molecule is COc1cccc(NC(=O)COC(=O)CCC(=O)NCc2ccco2)c1. The van der Waals surface area contributed by atoms with E-state index in [9.17, 15) is 14.4 Å². The molecular weight excluding hydrogens is 340 g/mol. The second-order valence-electron chi connectivity index (χ2n) is 5.30. The maximum Gasteiger partial charge on any atom is 0.306 e. The van der Waals surface area contributed by atoms with Gasteiger partial charge in [0.25, 0.3) is 5.91 Å². The van der Waals surface area contributed by atoms with Crippen LogP contribution in [0.3, 0.4) is 0 Å². The van der Waals surface area contributed by atoms with Gasteiger partial charge in [-0.3, -0.25) is 14.4 Å². The smallest absolute Gasteiger partial charge is 0.306 e. The summed E-state index contributed by atoms with van der Waals surface area (Å²) in [7, 11) is 1.52. The van der Waals surface area contributed by atoms with Gasteiger partial charge in [-0.15, -0.1) is 0 Å². The average Bonchev–Trinajstić information content (AvgIpc) is 3.16. The highest BCUT2D eigenvalue weighted by molar-refractivity contribution is 5.93. The zero-order chi connectivity index (χ0) is 18.8. The molecule has 0 saturated heterocycles. The van der Waals surface area contributed by atoms with Crippen LogP contribution in [0, 0.1) is 0 Å². The Morgan fingerprint density at radius 3 is 2.65 bits per heavy atom. The molecule has 0 spiro atoms. The molecule has 0 unspecified atom stereocenters. The van der Waals surface area contributed by atoms with Crippen molar-refractivity contribution in [3.63, 3.8) is 0 Å². The van der Waals surface area contributed by atoms with E-state index in [1.807, 2.05) is 0 Å². The van der Waals surface area contributed by atoms with E-state index in [1.54, 1.807) is 36.4 Å². The maximum absolute atomic E-state index is 11.8. The molecule has 0 atom stereocenters. The summed E-state index contributed by atoms with van der Waals surface area (Å²) < 4.78 is 15.0. The van der Waals surface area contributed by atoms with E-state index in [0.29, 0.717) is 17.2 Å². The molecule has 0 aliphatic rings. The zero-order valence-electron chi connectivity index (χ0n) is 14.3. The van der Waals surface area contributed by atoms with E-state index in [2.05, 4.69) is 10.6 Å². The van der Waals surface area contributed by atoms with E-state index in [0.717, 1.165) is 0 Å². The van der Waals surface area contributed by atoms with Gasteiger partial charge >= 0.3 is 5.97 Å². The van der Waals surface area contributed by atoms with E-state index >= 15 is 0 Å². The van der Waals surface area contributed by atoms with E-state index in [4.69, 9.17) is 13.9 Å². The molecule has 0 aliphatic carbocycles. The quantitative estimate of drug-likeness (QED) is 0.661. The van der Waals surface area contributed by atoms with Crippen molar-refractivity contribution in [2.24, 2.45) is 0 Å². The third-order valence-corrected chi connectivity index (χ3v) is 3.31. The molecule has 138 valence electrons. The minimum Gasteiger partial charge on any atom is -0.497 e. The van der Waals surface area contributed by atoms with E-state index in [1.165, 1.54) is 13.4 Å². The second kappa shape index (κ2) is 9.87. The van der Waals surface area contributed by atoms with Gasteiger partial charge in [0.2, 0.25) is 5.91 Å². The van der Waals surface area contributed by atoms with Gasteiger partial charge in [-0.1, -0.05) is 6.07 Å². The lowest BCUT2D eigenvalue weighted by Gasteiger charge is -2.08. The van der Waals surface area contributed by atoms with Gasteiger partial charge in [0, 0.05) is 18.2 Å². The number of anilines is 1. The van der Waals surface area contributed by atoms with Crippen molar-refractivity contribution in [1.82, 2.24) is 5.32 Å². The summed E-state index contributed by atoms with van der Waals surface area (Å²) in [6.07, 6.45) is 1.36. The molecule has 8 heteroatoms. The van der Waals surface area contributed by atoms with Crippen LogP contribution in [0.2, 0.25) is 0 Å². The molecule has 0 fully saturated rings. The van der Waals surface area contributed by atoms with Crippen LogP contribution in [0.25, 0.3) is 0 Å². The van der Waals surface area contributed by atoms with Crippen molar-refractivity contribution in [2.45, 2.75) is 19.4 Å². The van der Waals surface area contributed by atoms with Crippen LogP contribution < -0.4 is 15.4 Å². The van der Waals surface area contributed by atoms with Crippen molar-refractivity contribution in [2.75, 3.05) is 19.0 Å². The Morgan fingerprint density at radius 2 is 1.92 bits per heavy atom. The topological polar surface area (TPSA) is 107 Å². The molecule has 2 rings (SSSR count). The molecule has 1 heterocycles. The first-order valence-electron chi connectivity index (χ1n) is 7.95. The molecule has 26 heavy (non-hydrogen) atoms. The molecule has 0 saturated carbocycles. The fourth-order valence-electron chi connectivity index (χ4n) is 2.02. The average molecular weight is 360 g/mol. The highest BCUT2D eigenvalue weighted by atomic mass is 16.5. The number of furan rings is 1. The first kappa shape index (κ1) is 19.0. The lowest BCUT2D eigenvalue weighted by atomic mass is 10.3. The monoisotopic (exact) mass is 360 g/mol. The highest BCUT2D eigenvalue weighted by Crippen LogP contribution is 2.16. The van der Waals surface area contributed by atoms with E-state index in [-0.39, 0.29) is 25.3 Å². The number of nitrogens with one attached hydrogen (secondary N) is 2. The number of hydrogen-bond acceptors (Lipinski definition) is 6. The lowest BCUT2D eigenvalue weighted by Crippen LogP contribution is -2.24. The fraction of sp³-hybridized carbons (Fsp3) is 0.278. The van der Waals surface area contributed by atoms with Gasteiger partial charge in [0.15, 0.2) is 6.61 Å². The van der Waals surface area contributed by atoms with Crippen molar-refractivity contribution in [1.29, 1.82) is 0 Å².